The van der Waals surface area contributed by atoms with Crippen LogP contribution in [-0.4, -0.2) is 40.6 Å². The molecule has 0 aromatic heterocycles. The lowest BCUT2D eigenvalue weighted by Gasteiger charge is -2.20. The van der Waals surface area contributed by atoms with E-state index in [9.17, 15) is 13.2 Å². The Hall–Kier alpha value is -3.24. The van der Waals surface area contributed by atoms with Crippen LogP contribution in [0.25, 0.3) is 5.57 Å². The topological polar surface area (TPSA) is 120 Å². The minimum absolute atomic E-state index is 0.00444. The van der Waals surface area contributed by atoms with E-state index in [4.69, 9.17) is 14.7 Å². The normalized spacial score (nSPS) is 21.5. The van der Waals surface area contributed by atoms with E-state index >= 15 is 0 Å². The van der Waals surface area contributed by atoms with Gasteiger partial charge in [-0.05, 0) is 66.2 Å². The highest BCUT2D eigenvalue weighted by atomic mass is 32.2. The van der Waals surface area contributed by atoms with E-state index in [1.807, 2.05) is 48.6 Å². The molecule has 2 atom stereocenters. The number of nitrogens with two attached hydrogens (primary N) is 1. The van der Waals surface area contributed by atoms with Crippen molar-refractivity contribution in [2.24, 2.45) is 11.1 Å². The molecule has 202 valence electrons. The number of amides is 1. The van der Waals surface area contributed by atoms with Crippen molar-refractivity contribution in [3.8, 4) is 0 Å². The first-order valence-corrected chi connectivity index (χ1v) is 14.3. The zero-order chi connectivity index (χ0) is 27.0. The summed E-state index contributed by atoms with van der Waals surface area (Å²) in [6, 6.07) is 6.68. The summed E-state index contributed by atoms with van der Waals surface area (Å²) in [5.74, 6) is 0.635. The van der Waals surface area contributed by atoms with Crippen molar-refractivity contribution < 1.29 is 22.8 Å². The number of sulfonamides is 1. The van der Waals surface area contributed by atoms with Crippen molar-refractivity contribution in [1.82, 2.24) is 10.8 Å². The van der Waals surface area contributed by atoms with Gasteiger partial charge in [0, 0.05) is 12.6 Å². The predicted molar refractivity (Wildman–Crippen MR) is 148 cm³/mol. The van der Waals surface area contributed by atoms with Gasteiger partial charge in [0.25, 0.3) is 0 Å². The summed E-state index contributed by atoms with van der Waals surface area (Å²) in [6.07, 6.45) is 19.6. The largest absolute Gasteiger partial charge is 0.497 e. The molecular formula is C29H35N3O5S. The van der Waals surface area contributed by atoms with Gasteiger partial charge in [0.1, 0.15) is 5.76 Å². The van der Waals surface area contributed by atoms with Crippen LogP contribution in [0.3, 0.4) is 0 Å². The molecule has 0 bridgehead atoms. The Balaban J connectivity index is 1.31. The van der Waals surface area contributed by atoms with Gasteiger partial charge in [0.05, 0.1) is 24.5 Å². The van der Waals surface area contributed by atoms with Gasteiger partial charge in [-0.15, -0.1) is 0 Å². The molecule has 0 spiro atoms. The van der Waals surface area contributed by atoms with Gasteiger partial charge in [-0.2, -0.15) is 5.48 Å². The fourth-order valence-electron chi connectivity index (χ4n) is 4.84. The summed E-state index contributed by atoms with van der Waals surface area (Å²) in [6.45, 7) is 0.816. The lowest BCUT2D eigenvalue weighted by Crippen LogP contribution is -2.42. The lowest BCUT2D eigenvalue weighted by molar-refractivity contribution is -0.126. The molecule has 3 aliphatic rings. The average Bonchev–Trinajstić information content (AvgIpc) is 3.09. The van der Waals surface area contributed by atoms with Crippen LogP contribution in [0.4, 0.5) is 0 Å². The molecule has 1 aromatic rings. The van der Waals surface area contributed by atoms with Gasteiger partial charge in [-0.25, -0.2) is 13.6 Å². The Morgan fingerprint density at radius 1 is 1.05 bits per heavy atom. The monoisotopic (exact) mass is 537 g/mol. The number of benzene rings is 1. The second-order valence-corrected chi connectivity index (χ2v) is 11.1. The summed E-state index contributed by atoms with van der Waals surface area (Å²) in [5.41, 5.74) is 6.60. The summed E-state index contributed by atoms with van der Waals surface area (Å²) in [7, 11) is -2.19. The first-order chi connectivity index (χ1) is 18.3. The minimum Gasteiger partial charge on any atom is -0.497 e. The number of allylic oxidation sites excluding steroid dienone is 8. The standard InChI is InChI=1S/C29H35N3O5S/c1-36-24-10-5-8-22(16-18-24)20-37-32-27-13-6-12-26(27)29(33)31-19-21-7-4-9-23(17-15-21)25-11-2-3-14-28(25)38(30,34)35/h2-5,7,10-11,14-18,26-27,32H,6,8-9,12-13,19-20H2,1H3,(H,31,33)(H2,30,34,35)/t26-,27-/m1/s1. The number of ether oxygens (including phenoxy) is 1. The number of methoxy groups -OCH3 is 1. The molecule has 4 rings (SSSR count). The molecule has 0 radical (unpaired) electrons. The van der Waals surface area contributed by atoms with Gasteiger partial charge in [-0.3, -0.25) is 9.63 Å². The van der Waals surface area contributed by atoms with E-state index in [0.29, 0.717) is 25.1 Å². The SMILES string of the molecule is COC1=CC=C(CON[C@@H]2CCC[C@H]2C(=O)NCC2=CC=C(c3ccccc3S(N)(=O)=O)CC=C2)CC=C1. The molecule has 38 heavy (non-hydrogen) atoms. The molecule has 1 fully saturated rings. The third kappa shape index (κ3) is 7.41. The third-order valence-electron chi connectivity index (χ3n) is 6.90. The molecule has 0 heterocycles. The van der Waals surface area contributed by atoms with Crippen LogP contribution in [0.15, 0.2) is 94.7 Å². The molecule has 1 aromatic carbocycles. The van der Waals surface area contributed by atoms with Gasteiger partial charge < -0.3 is 10.1 Å². The highest BCUT2D eigenvalue weighted by Crippen LogP contribution is 2.28. The summed E-state index contributed by atoms with van der Waals surface area (Å²) in [5, 5.41) is 8.47. The van der Waals surface area contributed by atoms with Crippen molar-refractivity contribution in [2.75, 3.05) is 20.3 Å². The highest BCUT2D eigenvalue weighted by molar-refractivity contribution is 7.89. The molecule has 1 saturated carbocycles. The number of nitrogens with one attached hydrogen (secondary N) is 2. The van der Waals surface area contributed by atoms with E-state index < -0.39 is 10.0 Å². The molecule has 0 aliphatic heterocycles. The Bertz CT molecular complexity index is 1320. The van der Waals surface area contributed by atoms with E-state index in [2.05, 4.69) is 10.8 Å². The second kappa shape index (κ2) is 13.0. The maximum absolute atomic E-state index is 13.0. The van der Waals surface area contributed by atoms with Crippen LogP contribution in [0.1, 0.15) is 37.7 Å². The lowest BCUT2D eigenvalue weighted by atomic mass is 10.0. The van der Waals surface area contributed by atoms with Crippen molar-refractivity contribution >= 4 is 21.5 Å². The smallest absolute Gasteiger partial charge is 0.238 e. The Morgan fingerprint density at radius 2 is 1.87 bits per heavy atom. The van der Waals surface area contributed by atoms with Crippen LogP contribution in [0, 0.1) is 5.92 Å². The van der Waals surface area contributed by atoms with Gasteiger partial charge in [0.2, 0.25) is 15.9 Å². The Morgan fingerprint density at radius 3 is 2.68 bits per heavy atom. The number of carbonyl (C=O) groups excluding carboxylic acids is 1. The van der Waals surface area contributed by atoms with Gasteiger partial charge in [-0.1, -0.05) is 61.1 Å². The average molecular weight is 538 g/mol. The number of primary sulfonamides is 1. The van der Waals surface area contributed by atoms with Crippen molar-refractivity contribution in [3.63, 3.8) is 0 Å². The number of hydrogen-bond acceptors (Lipinski definition) is 6. The van der Waals surface area contributed by atoms with E-state index in [0.717, 1.165) is 48.2 Å². The van der Waals surface area contributed by atoms with Gasteiger partial charge >= 0.3 is 0 Å². The zero-order valence-electron chi connectivity index (χ0n) is 21.6. The molecular weight excluding hydrogens is 502 g/mol. The number of hydrogen-bond donors (Lipinski definition) is 3. The molecule has 1 amide bonds. The fraction of sp³-hybridized carbons (Fsp3) is 0.345. The van der Waals surface area contributed by atoms with Crippen LogP contribution in [0.5, 0.6) is 0 Å². The maximum atomic E-state index is 13.0. The van der Waals surface area contributed by atoms with Crippen LogP contribution >= 0.6 is 0 Å². The van der Waals surface area contributed by atoms with E-state index in [1.165, 1.54) is 6.07 Å². The number of hydroxylamine groups is 1. The maximum Gasteiger partial charge on any atom is 0.238 e. The second-order valence-electron chi connectivity index (χ2n) is 9.55. The number of rotatable bonds is 10. The summed E-state index contributed by atoms with van der Waals surface area (Å²) >= 11 is 0. The predicted octanol–water partition coefficient (Wildman–Crippen LogP) is 3.83. The summed E-state index contributed by atoms with van der Waals surface area (Å²) in [4.78, 5) is 18.9. The highest BCUT2D eigenvalue weighted by Gasteiger charge is 2.33. The molecule has 0 unspecified atom stereocenters. The van der Waals surface area contributed by atoms with Crippen LogP contribution in [-0.2, 0) is 24.4 Å². The van der Waals surface area contributed by atoms with Crippen molar-refractivity contribution in [2.45, 2.75) is 43.0 Å². The van der Waals surface area contributed by atoms with E-state index in [1.54, 1.807) is 25.3 Å². The van der Waals surface area contributed by atoms with Gasteiger partial charge in [0.15, 0.2) is 0 Å². The molecule has 3 aliphatic carbocycles. The summed E-state index contributed by atoms with van der Waals surface area (Å²) < 4.78 is 29.3. The fourth-order valence-corrected chi connectivity index (χ4v) is 5.61. The molecule has 0 saturated heterocycles. The third-order valence-corrected chi connectivity index (χ3v) is 7.87. The molecule has 4 N–H and O–H groups in total. The minimum atomic E-state index is -3.84. The molecule has 9 heteroatoms. The van der Waals surface area contributed by atoms with Crippen molar-refractivity contribution in [1.29, 1.82) is 0 Å². The first kappa shape index (κ1) is 27.8. The Kier molecular flexibility index (Phi) is 9.52. The Labute approximate surface area is 224 Å². The zero-order valence-corrected chi connectivity index (χ0v) is 22.4. The molecule has 8 nitrogen and oxygen atoms in total. The quantitative estimate of drug-likeness (QED) is 0.390. The van der Waals surface area contributed by atoms with E-state index in [-0.39, 0.29) is 22.8 Å². The first-order valence-electron chi connectivity index (χ1n) is 12.8. The van der Waals surface area contributed by atoms with Crippen LogP contribution < -0.4 is 15.9 Å². The van der Waals surface area contributed by atoms with Crippen LogP contribution in [0.2, 0.25) is 0 Å². The number of carbonyl (C=O) groups is 1. The van der Waals surface area contributed by atoms with Crippen molar-refractivity contribution in [3.05, 3.63) is 95.3 Å².